The summed E-state index contributed by atoms with van der Waals surface area (Å²) in [5, 5.41) is 11.9. The molecule has 0 unspecified atom stereocenters. The molecular formula is C10H15N7OS. The van der Waals surface area contributed by atoms with E-state index < -0.39 is 0 Å². The summed E-state index contributed by atoms with van der Waals surface area (Å²) in [6, 6.07) is 0.311. The van der Waals surface area contributed by atoms with Crippen LogP contribution < -0.4 is 10.1 Å². The smallest absolute Gasteiger partial charge is 0.322 e. The Kier molecular flexibility index (Phi) is 4.50. The molecule has 0 aromatic carbocycles. The van der Waals surface area contributed by atoms with Crippen molar-refractivity contribution in [2.24, 2.45) is 7.05 Å². The minimum Gasteiger partial charge on any atom is -0.463 e. The highest BCUT2D eigenvalue weighted by Crippen LogP contribution is 2.23. The highest BCUT2D eigenvalue weighted by molar-refractivity contribution is 7.99. The number of hydrogen-bond donors (Lipinski definition) is 1. The lowest BCUT2D eigenvalue weighted by molar-refractivity contribution is 0.288. The van der Waals surface area contributed by atoms with Gasteiger partial charge in [0.2, 0.25) is 11.1 Å². The maximum atomic E-state index is 5.43. The maximum Gasteiger partial charge on any atom is 0.322 e. The molecular weight excluding hydrogens is 266 g/mol. The van der Waals surface area contributed by atoms with Crippen LogP contribution in [0.15, 0.2) is 16.6 Å². The highest BCUT2D eigenvalue weighted by Gasteiger charge is 2.11. The van der Waals surface area contributed by atoms with E-state index >= 15 is 0 Å². The summed E-state index contributed by atoms with van der Waals surface area (Å²) in [5.74, 6) is 0.464. The summed E-state index contributed by atoms with van der Waals surface area (Å²) in [6.45, 7) is 2.59. The molecule has 2 heterocycles. The summed E-state index contributed by atoms with van der Waals surface area (Å²) in [6.07, 6.45) is 2.52. The quantitative estimate of drug-likeness (QED) is 0.838. The van der Waals surface area contributed by atoms with Gasteiger partial charge in [-0.25, -0.2) is 0 Å². The van der Waals surface area contributed by atoms with Crippen molar-refractivity contribution in [3.8, 4) is 6.01 Å². The van der Waals surface area contributed by atoms with Crippen LogP contribution in [0.3, 0.4) is 0 Å². The molecule has 0 spiro atoms. The standard InChI is InChI=1S/C10H15N7OS/c1-4-5-18-8-13-7(11-2)14-9(15-8)19-10-16-12-6-17(10)3/h6H,4-5H2,1-3H3,(H,11,13,14,15). The Labute approximate surface area is 115 Å². The molecule has 9 heteroatoms. The van der Waals surface area contributed by atoms with E-state index in [-0.39, 0.29) is 0 Å². The largest absolute Gasteiger partial charge is 0.463 e. The summed E-state index contributed by atoms with van der Waals surface area (Å²) >= 11 is 1.31. The van der Waals surface area contributed by atoms with Gasteiger partial charge in [-0.15, -0.1) is 10.2 Å². The summed E-state index contributed by atoms with van der Waals surface area (Å²) in [4.78, 5) is 12.6. The van der Waals surface area contributed by atoms with Gasteiger partial charge in [-0.05, 0) is 18.2 Å². The second-order valence-electron chi connectivity index (χ2n) is 3.65. The van der Waals surface area contributed by atoms with Crippen LogP contribution in [0.25, 0.3) is 0 Å². The van der Waals surface area contributed by atoms with Crippen molar-refractivity contribution >= 4 is 17.7 Å². The Balaban J connectivity index is 2.21. The molecule has 0 saturated heterocycles. The summed E-state index contributed by atoms with van der Waals surface area (Å²) in [7, 11) is 3.60. The van der Waals surface area contributed by atoms with E-state index in [0.29, 0.717) is 28.9 Å². The summed E-state index contributed by atoms with van der Waals surface area (Å²) in [5.41, 5.74) is 0. The van der Waals surface area contributed by atoms with Gasteiger partial charge >= 0.3 is 6.01 Å². The molecule has 8 nitrogen and oxygen atoms in total. The van der Waals surface area contributed by atoms with E-state index in [1.165, 1.54) is 11.8 Å². The third kappa shape index (κ3) is 3.53. The number of rotatable bonds is 6. The fourth-order valence-corrected chi connectivity index (χ4v) is 1.90. The van der Waals surface area contributed by atoms with Gasteiger partial charge < -0.3 is 14.6 Å². The number of nitrogens with zero attached hydrogens (tertiary/aromatic N) is 6. The molecule has 0 radical (unpaired) electrons. The molecule has 0 amide bonds. The number of ether oxygens (including phenoxy) is 1. The first kappa shape index (κ1) is 13.5. The maximum absolute atomic E-state index is 5.43. The molecule has 0 aliphatic carbocycles. The van der Waals surface area contributed by atoms with E-state index in [2.05, 4.69) is 30.5 Å². The third-order valence-electron chi connectivity index (χ3n) is 2.11. The van der Waals surface area contributed by atoms with Gasteiger partial charge in [0.1, 0.15) is 6.33 Å². The first-order valence-corrected chi connectivity index (χ1v) is 6.63. The van der Waals surface area contributed by atoms with Gasteiger partial charge in [-0.1, -0.05) is 6.92 Å². The molecule has 2 aromatic heterocycles. The molecule has 0 aliphatic heterocycles. The Morgan fingerprint density at radius 2 is 2.21 bits per heavy atom. The average Bonchev–Trinajstić information content (AvgIpc) is 2.81. The fraction of sp³-hybridized carbons (Fsp3) is 0.500. The van der Waals surface area contributed by atoms with Crippen LogP contribution in [0.5, 0.6) is 6.01 Å². The molecule has 0 atom stereocenters. The molecule has 2 rings (SSSR count). The molecule has 102 valence electrons. The second-order valence-corrected chi connectivity index (χ2v) is 4.58. The van der Waals surface area contributed by atoms with E-state index in [9.17, 15) is 0 Å². The van der Waals surface area contributed by atoms with E-state index in [1.807, 2.05) is 14.0 Å². The van der Waals surface area contributed by atoms with Crippen molar-refractivity contribution in [1.29, 1.82) is 0 Å². The van der Waals surface area contributed by atoms with Crippen molar-refractivity contribution in [3.63, 3.8) is 0 Å². The Hall–Kier alpha value is -1.90. The topological polar surface area (TPSA) is 90.6 Å². The Bertz CT molecular complexity index is 544. The van der Waals surface area contributed by atoms with E-state index in [4.69, 9.17) is 4.74 Å². The molecule has 19 heavy (non-hydrogen) atoms. The lowest BCUT2D eigenvalue weighted by atomic mass is 10.5. The minimum absolute atomic E-state index is 0.311. The Morgan fingerprint density at radius 1 is 1.37 bits per heavy atom. The average molecular weight is 281 g/mol. The molecule has 0 saturated carbocycles. The van der Waals surface area contributed by atoms with Crippen LogP contribution in [0.2, 0.25) is 0 Å². The van der Waals surface area contributed by atoms with Crippen molar-refractivity contribution in [1.82, 2.24) is 29.7 Å². The van der Waals surface area contributed by atoms with Gasteiger partial charge in [0.15, 0.2) is 5.16 Å². The van der Waals surface area contributed by atoms with Crippen LogP contribution in [-0.2, 0) is 7.05 Å². The highest BCUT2D eigenvalue weighted by atomic mass is 32.2. The van der Waals surface area contributed by atoms with Gasteiger partial charge in [0, 0.05) is 14.1 Å². The van der Waals surface area contributed by atoms with Gasteiger partial charge in [-0.3, -0.25) is 0 Å². The lowest BCUT2D eigenvalue weighted by Crippen LogP contribution is -2.06. The predicted molar refractivity (Wildman–Crippen MR) is 70.3 cm³/mol. The third-order valence-corrected chi connectivity index (χ3v) is 3.02. The van der Waals surface area contributed by atoms with Crippen LogP contribution in [0.4, 0.5) is 5.95 Å². The van der Waals surface area contributed by atoms with Crippen LogP contribution in [-0.4, -0.2) is 43.4 Å². The first-order valence-electron chi connectivity index (χ1n) is 5.81. The first-order chi connectivity index (χ1) is 9.22. The monoisotopic (exact) mass is 281 g/mol. The summed E-state index contributed by atoms with van der Waals surface area (Å²) < 4.78 is 7.22. The number of hydrogen-bond acceptors (Lipinski definition) is 8. The zero-order valence-electron chi connectivity index (χ0n) is 11.0. The lowest BCUT2D eigenvalue weighted by Gasteiger charge is -2.06. The molecule has 1 N–H and O–H groups in total. The second kappa shape index (κ2) is 6.32. The fourth-order valence-electron chi connectivity index (χ4n) is 1.20. The van der Waals surface area contributed by atoms with Gasteiger partial charge in [0.25, 0.3) is 0 Å². The number of anilines is 1. The van der Waals surface area contributed by atoms with E-state index in [1.54, 1.807) is 17.9 Å². The van der Waals surface area contributed by atoms with Crippen LogP contribution in [0.1, 0.15) is 13.3 Å². The molecule has 2 aromatic rings. The number of aryl methyl sites for hydroxylation is 1. The SMILES string of the molecule is CCCOc1nc(NC)nc(Sc2nncn2C)n1. The number of aromatic nitrogens is 6. The molecule has 0 bridgehead atoms. The zero-order valence-corrected chi connectivity index (χ0v) is 11.8. The minimum atomic E-state index is 0.311. The van der Waals surface area contributed by atoms with Crippen LogP contribution in [0, 0.1) is 0 Å². The molecule has 0 aliphatic rings. The normalized spacial score (nSPS) is 10.5. The van der Waals surface area contributed by atoms with Crippen LogP contribution >= 0.6 is 11.8 Å². The van der Waals surface area contributed by atoms with Crippen molar-refractivity contribution in [3.05, 3.63) is 6.33 Å². The van der Waals surface area contributed by atoms with Crippen molar-refractivity contribution in [2.45, 2.75) is 23.7 Å². The number of nitrogens with one attached hydrogen (secondary N) is 1. The Morgan fingerprint density at radius 3 is 2.84 bits per heavy atom. The van der Waals surface area contributed by atoms with E-state index in [0.717, 1.165) is 6.42 Å². The zero-order chi connectivity index (χ0) is 13.7. The predicted octanol–water partition coefficient (Wildman–Crippen LogP) is 0.982. The van der Waals surface area contributed by atoms with Crippen molar-refractivity contribution < 1.29 is 4.74 Å². The van der Waals surface area contributed by atoms with Crippen molar-refractivity contribution in [2.75, 3.05) is 19.0 Å². The van der Waals surface area contributed by atoms with Gasteiger partial charge in [0.05, 0.1) is 6.61 Å². The van der Waals surface area contributed by atoms with Gasteiger partial charge in [-0.2, -0.15) is 15.0 Å². The molecule has 0 fully saturated rings.